The van der Waals surface area contributed by atoms with Crippen molar-refractivity contribution in [2.75, 3.05) is 26.6 Å². The van der Waals surface area contributed by atoms with Crippen molar-refractivity contribution in [1.29, 1.82) is 0 Å². The molecule has 0 spiro atoms. The minimum absolute atomic E-state index is 0.189. The number of hydrogen-bond acceptors (Lipinski definition) is 4. The second kappa shape index (κ2) is 8.27. The van der Waals surface area contributed by atoms with Crippen LogP contribution in [0, 0.1) is 0 Å². The normalized spacial score (nSPS) is 15.6. The molecular formula is C20H24N2O3S. The van der Waals surface area contributed by atoms with Gasteiger partial charge in [-0.2, -0.15) is 0 Å². The maximum absolute atomic E-state index is 5.53. The van der Waals surface area contributed by atoms with E-state index in [1.54, 1.807) is 21.3 Å². The van der Waals surface area contributed by atoms with E-state index in [0.717, 1.165) is 36.4 Å². The van der Waals surface area contributed by atoms with Crippen LogP contribution in [-0.4, -0.2) is 26.4 Å². The number of ether oxygens (including phenoxy) is 3. The Balaban J connectivity index is 1.72. The van der Waals surface area contributed by atoms with Crippen molar-refractivity contribution in [2.24, 2.45) is 0 Å². The number of aryl methyl sites for hydroxylation is 1. The molecule has 138 valence electrons. The van der Waals surface area contributed by atoms with Crippen molar-refractivity contribution in [3.05, 3.63) is 47.5 Å². The lowest BCUT2D eigenvalue weighted by Gasteiger charge is -2.28. The van der Waals surface area contributed by atoms with Gasteiger partial charge in [-0.25, -0.2) is 0 Å². The van der Waals surface area contributed by atoms with E-state index in [4.69, 9.17) is 26.4 Å². The molecule has 0 saturated carbocycles. The molecule has 0 heterocycles. The fraction of sp³-hybridized carbons (Fsp3) is 0.350. The highest BCUT2D eigenvalue weighted by atomic mass is 32.1. The molecule has 0 aromatic heterocycles. The molecular weight excluding hydrogens is 348 g/mol. The summed E-state index contributed by atoms with van der Waals surface area (Å²) in [4.78, 5) is 0. The van der Waals surface area contributed by atoms with Gasteiger partial charge >= 0.3 is 0 Å². The summed E-state index contributed by atoms with van der Waals surface area (Å²) in [6.45, 7) is 0. The van der Waals surface area contributed by atoms with E-state index in [-0.39, 0.29) is 6.04 Å². The summed E-state index contributed by atoms with van der Waals surface area (Å²) in [5, 5.41) is 7.23. The van der Waals surface area contributed by atoms with Gasteiger partial charge in [0.25, 0.3) is 0 Å². The van der Waals surface area contributed by atoms with E-state index in [1.165, 1.54) is 11.1 Å². The van der Waals surface area contributed by atoms with Crippen LogP contribution in [0.1, 0.15) is 30.0 Å². The Hall–Kier alpha value is -2.47. The van der Waals surface area contributed by atoms with E-state index in [0.29, 0.717) is 10.9 Å². The molecule has 0 saturated heterocycles. The Labute approximate surface area is 159 Å². The zero-order chi connectivity index (χ0) is 18.5. The first-order valence-electron chi connectivity index (χ1n) is 8.61. The minimum atomic E-state index is 0.189. The summed E-state index contributed by atoms with van der Waals surface area (Å²) in [5.74, 6) is 2.32. The average Bonchev–Trinajstić information content (AvgIpc) is 2.68. The van der Waals surface area contributed by atoms with Gasteiger partial charge in [0.1, 0.15) is 17.2 Å². The van der Waals surface area contributed by atoms with Gasteiger partial charge in [-0.3, -0.25) is 0 Å². The zero-order valence-electron chi connectivity index (χ0n) is 15.3. The van der Waals surface area contributed by atoms with Crippen LogP contribution in [0.25, 0.3) is 0 Å². The molecule has 0 bridgehead atoms. The van der Waals surface area contributed by atoms with E-state index in [1.807, 2.05) is 24.3 Å². The van der Waals surface area contributed by atoms with Crippen molar-refractivity contribution in [3.63, 3.8) is 0 Å². The first-order valence-corrected chi connectivity index (χ1v) is 9.01. The molecule has 1 aliphatic carbocycles. The quantitative estimate of drug-likeness (QED) is 0.772. The van der Waals surface area contributed by atoms with Gasteiger partial charge in [-0.15, -0.1) is 0 Å². The standard InChI is InChI=1S/C20H24N2O3S/c1-23-14-7-9-16-13(11-14)5-4-6-17(16)21-20(26)22-18-10-8-15(24-2)12-19(18)25-3/h7-12,17H,4-6H2,1-3H3,(H2,21,22,26)/t17-/m1/s1. The third-order valence-corrected chi connectivity index (χ3v) is 4.85. The van der Waals surface area contributed by atoms with Crippen LogP contribution in [-0.2, 0) is 6.42 Å². The maximum Gasteiger partial charge on any atom is 0.171 e. The molecule has 0 aliphatic heterocycles. The number of thiocarbonyl (C=S) groups is 1. The molecule has 5 nitrogen and oxygen atoms in total. The van der Waals surface area contributed by atoms with Gasteiger partial charge in [0, 0.05) is 6.07 Å². The Morgan fingerprint density at radius 3 is 2.46 bits per heavy atom. The first-order chi connectivity index (χ1) is 12.6. The van der Waals surface area contributed by atoms with Crippen molar-refractivity contribution in [2.45, 2.75) is 25.3 Å². The first kappa shape index (κ1) is 18.3. The fourth-order valence-corrected chi connectivity index (χ4v) is 3.54. The van der Waals surface area contributed by atoms with E-state index in [9.17, 15) is 0 Å². The van der Waals surface area contributed by atoms with E-state index in [2.05, 4.69) is 22.8 Å². The summed E-state index contributed by atoms with van der Waals surface area (Å²) >= 11 is 5.53. The molecule has 3 rings (SSSR count). The van der Waals surface area contributed by atoms with Crippen molar-refractivity contribution < 1.29 is 14.2 Å². The lowest BCUT2D eigenvalue weighted by atomic mass is 9.87. The molecule has 6 heteroatoms. The van der Waals surface area contributed by atoms with Gasteiger partial charge in [-0.1, -0.05) is 6.07 Å². The Kier molecular flexibility index (Phi) is 5.83. The Bertz CT molecular complexity index is 795. The van der Waals surface area contributed by atoms with Gasteiger partial charge in [0.05, 0.1) is 33.1 Å². The topological polar surface area (TPSA) is 51.8 Å². The predicted molar refractivity (Wildman–Crippen MR) is 108 cm³/mol. The molecule has 0 radical (unpaired) electrons. The summed E-state index contributed by atoms with van der Waals surface area (Å²) in [6, 6.07) is 12.0. The largest absolute Gasteiger partial charge is 0.497 e. The van der Waals surface area contributed by atoms with Crippen LogP contribution in [0.15, 0.2) is 36.4 Å². The minimum Gasteiger partial charge on any atom is -0.497 e. The van der Waals surface area contributed by atoms with Crippen molar-refractivity contribution in [1.82, 2.24) is 5.32 Å². The molecule has 0 fully saturated rings. The molecule has 2 N–H and O–H groups in total. The lowest BCUT2D eigenvalue weighted by Crippen LogP contribution is -2.34. The summed E-state index contributed by atoms with van der Waals surface area (Å²) in [7, 11) is 4.95. The van der Waals surface area contributed by atoms with Gasteiger partial charge in [0.2, 0.25) is 0 Å². The fourth-order valence-electron chi connectivity index (χ4n) is 3.29. The Morgan fingerprint density at radius 1 is 1.00 bits per heavy atom. The number of methoxy groups -OCH3 is 3. The SMILES string of the molecule is COc1ccc2c(c1)CCC[C@H]2NC(=S)Nc1ccc(OC)cc1OC. The summed E-state index contributed by atoms with van der Waals surface area (Å²) in [5.41, 5.74) is 3.40. The smallest absolute Gasteiger partial charge is 0.171 e. The highest BCUT2D eigenvalue weighted by Gasteiger charge is 2.21. The number of anilines is 1. The van der Waals surface area contributed by atoms with Crippen molar-refractivity contribution in [3.8, 4) is 17.2 Å². The Morgan fingerprint density at radius 2 is 1.73 bits per heavy atom. The average molecular weight is 372 g/mol. The maximum atomic E-state index is 5.53. The highest BCUT2D eigenvalue weighted by molar-refractivity contribution is 7.80. The number of benzene rings is 2. The van der Waals surface area contributed by atoms with Crippen LogP contribution in [0.2, 0.25) is 0 Å². The molecule has 2 aromatic carbocycles. The summed E-state index contributed by atoms with van der Waals surface area (Å²) in [6.07, 6.45) is 3.23. The van der Waals surface area contributed by atoms with Crippen LogP contribution < -0.4 is 24.8 Å². The number of rotatable bonds is 5. The monoisotopic (exact) mass is 372 g/mol. The highest BCUT2D eigenvalue weighted by Crippen LogP contribution is 2.33. The van der Waals surface area contributed by atoms with Crippen LogP contribution in [0.5, 0.6) is 17.2 Å². The third-order valence-electron chi connectivity index (χ3n) is 4.63. The molecule has 2 aromatic rings. The molecule has 1 atom stereocenters. The zero-order valence-corrected chi connectivity index (χ0v) is 16.1. The molecule has 0 amide bonds. The van der Waals surface area contributed by atoms with Crippen molar-refractivity contribution >= 4 is 23.0 Å². The van der Waals surface area contributed by atoms with Crippen LogP contribution in [0.3, 0.4) is 0 Å². The number of nitrogens with one attached hydrogen (secondary N) is 2. The number of fused-ring (bicyclic) bond motifs is 1. The predicted octanol–water partition coefficient (Wildman–Crippen LogP) is 4.08. The third kappa shape index (κ3) is 4.02. The van der Waals surface area contributed by atoms with Gasteiger partial charge < -0.3 is 24.8 Å². The lowest BCUT2D eigenvalue weighted by molar-refractivity contribution is 0.395. The van der Waals surface area contributed by atoms with Crippen LogP contribution in [0.4, 0.5) is 5.69 Å². The molecule has 0 unspecified atom stereocenters. The second-order valence-electron chi connectivity index (χ2n) is 6.17. The van der Waals surface area contributed by atoms with E-state index < -0.39 is 0 Å². The van der Waals surface area contributed by atoms with Gasteiger partial charge in [0.15, 0.2) is 5.11 Å². The summed E-state index contributed by atoms with van der Waals surface area (Å²) < 4.78 is 16.0. The second-order valence-corrected chi connectivity index (χ2v) is 6.58. The molecule has 1 aliphatic rings. The van der Waals surface area contributed by atoms with E-state index >= 15 is 0 Å². The van der Waals surface area contributed by atoms with Crippen LogP contribution >= 0.6 is 12.2 Å². The molecule has 26 heavy (non-hydrogen) atoms. The number of hydrogen-bond donors (Lipinski definition) is 2. The van der Waals surface area contributed by atoms with Gasteiger partial charge in [-0.05, 0) is 66.9 Å².